The highest BCUT2D eigenvalue weighted by atomic mass is 32.2. The van der Waals surface area contributed by atoms with Crippen LogP contribution in [0.25, 0.3) is 10.2 Å². The van der Waals surface area contributed by atoms with Crippen molar-refractivity contribution in [3.8, 4) is 5.75 Å². The van der Waals surface area contributed by atoms with Gasteiger partial charge in [0.05, 0.1) is 34.5 Å². The number of aromatic nitrogens is 2. The fraction of sp³-hybridized carbons (Fsp3) is 0.208. The molecule has 2 aromatic carbocycles. The van der Waals surface area contributed by atoms with Crippen molar-refractivity contribution in [2.45, 2.75) is 24.8 Å². The van der Waals surface area contributed by atoms with Gasteiger partial charge in [-0.1, -0.05) is 29.5 Å². The Kier molecular flexibility index (Phi) is 6.71. The van der Waals surface area contributed by atoms with Gasteiger partial charge in [-0.3, -0.25) is 14.7 Å². The molecule has 0 unspecified atom stereocenters. The second kappa shape index (κ2) is 9.68. The van der Waals surface area contributed by atoms with Gasteiger partial charge >= 0.3 is 0 Å². The number of hydrogen-bond donors (Lipinski definition) is 0. The zero-order valence-electron chi connectivity index (χ0n) is 18.3. The molecule has 0 radical (unpaired) electrons. The molecule has 4 rings (SSSR count). The number of aryl methyl sites for hydroxylation is 1. The first-order valence-electron chi connectivity index (χ1n) is 10.3. The molecule has 170 valence electrons. The van der Waals surface area contributed by atoms with Crippen LogP contribution in [-0.4, -0.2) is 37.2 Å². The van der Waals surface area contributed by atoms with E-state index in [0.717, 1.165) is 21.3 Å². The molecule has 0 aliphatic rings. The lowest BCUT2D eigenvalue weighted by Gasteiger charge is -2.20. The van der Waals surface area contributed by atoms with Crippen molar-refractivity contribution >= 4 is 42.4 Å². The largest absolute Gasteiger partial charge is 0.497 e. The summed E-state index contributed by atoms with van der Waals surface area (Å²) in [5.41, 5.74) is 2.69. The highest BCUT2D eigenvalue weighted by Gasteiger charge is 2.24. The molecule has 7 nitrogen and oxygen atoms in total. The lowest BCUT2D eigenvalue weighted by atomic mass is 10.2. The van der Waals surface area contributed by atoms with Gasteiger partial charge in [-0.2, -0.15) is 0 Å². The molecule has 2 aromatic heterocycles. The number of para-hydroxylation sites is 1. The summed E-state index contributed by atoms with van der Waals surface area (Å²) in [7, 11) is -2.12. The van der Waals surface area contributed by atoms with Crippen LogP contribution in [0, 0.1) is 6.92 Å². The monoisotopic (exact) mass is 481 g/mol. The Hall–Kier alpha value is -3.30. The SMILES string of the molecule is COc1ccc(S(=O)(=O)CCC(=O)N(Cc2cccnc2)c2nc3c(C)cccc3s2)cc1. The number of thiazole rings is 1. The van der Waals surface area contributed by atoms with E-state index in [1.165, 1.54) is 30.6 Å². The van der Waals surface area contributed by atoms with E-state index in [9.17, 15) is 13.2 Å². The number of amides is 1. The van der Waals surface area contributed by atoms with Gasteiger partial charge in [-0.25, -0.2) is 13.4 Å². The van der Waals surface area contributed by atoms with Crippen molar-refractivity contribution in [2.24, 2.45) is 0 Å². The van der Waals surface area contributed by atoms with Crippen molar-refractivity contribution in [3.63, 3.8) is 0 Å². The van der Waals surface area contributed by atoms with Gasteiger partial charge < -0.3 is 4.74 Å². The number of sulfone groups is 1. The lowest BCUT2D eigenvalue weighted by Crippen LogP contribution is -2.31. The van der Waals surface area contributed by atoms with Crippen molar-refractivity contribution < 1.29 is 17.9 Å². The molecule has 0 saturated carbocycles. The normalized spacial score (nSPS) is 11.5. The molecule has 0 aliphatic carbocycles. The smallest absolute Gasteiger partial charge is 0.230 e. The first-order valence-corrected chi connectivity index (χ1v) is 12.8. The van der Waals surface area contributed by atoms with Gasteiger partial charge in [-0.15, -0.1) is 0 Å². The average molecular weight is 482 g/mol. The van der Waals surface area contributed by atoms with Crippen LogP contribution < -0.4 is 9.64 Å². The summed E-state index contributed by atoms with van der Waals surface area (Å²) in [4.78, 5) is 23.8. The number of pyridine rings is 1. The van der Waals surface area contributed by atoms with E-state index in [4.69, 9.17) is 9.72 Å². The molecule has 2 heterocycles. The molecule has 0 N–H and O–H groups in total. The highest BCUT2D eigenvalue weighted by Crippen LogP contribution is 2.32. The van der Waals surface area contributed by atoms with E-state index < -0.39 is 9.84 Å². The van der Waals surface area contributed by atoms with Crippen LogP contribution in [0.2, 0.25) is 0 Å². The minimum absolute atomic E-state index is 0.158. The van der Waals surface area contributed by atoms with Gasteiger partial charge in [0.1, 0.15) is 5.75 Å². The predicted octanol–water partition coefficient (Wildman–Crippen LogP) is 4.41. The summed E-state index contributed by atoms with van der Waals surface area (Å²) in [5, 5.41) is 0.537. The number of anilines is 1. The fourth-order valence-corrected chi connectivity index (χ4v) is 5.67. The Balaban J connectivity index is 1.59. The molecule has 0 spiro atoms. The van der Waals surface area contributed by atoms with E-state index in [2.05, 4.69) is 4.98 Å². The maximum Gasteiger partial charge on any atom is 0.230 e. The molecular weight excluding hydrogens is 458 g/mol. The number of ether oxygens (including phenoxy) is 1. The van der Waals surface area contributed by atoms with Crippen LogP contribution in [0.1, 0.15) is 17.5 Å². The molecular formula is C24H23N3O4S2. The van der Waals surface area contributed by atoms with Gasteiger partial charge in [0.25, 0.3) is 0 Å². The maximum atomic E-state index is 13.3. The maximum absolute atomic E-state index is 13.3. The summed E-state index contributed by atoms with van der Waals surface area (Å²) >= 11 is 1.41. The van der Waals surface area contributed by atoms with E-state index in [1.54, 1.807) is 35.5 Å². The van der Waals surface area contributed by atoms with E-state index in [1.807, 2.05) is 31.2 Å². The van der Waals surface area contributed by atoms with E-state index >= 15 is 0 Å². The first-order chi connectivity index (χ1) is 15.9. The zero-order chi connectivity index (χ0) is 23.4. The number of carbonyl (C=O) groups excluding carboxylic acids is 1. The van der Waals surface area contributed by atoms with Crippen LogP contribution in [0.3, 0.4) is 0 Å². The minimum Gasteiger partial charge on any atom is -0.497 e. The lowest BCUT2D eigenvalue weighted by molar-refractivity contribution is -0.118. The summed E-state index contributed by atoms with van der Waals surface area (Å²) in [5.74, 6) is -0.0440. The molecule has 4 aromatic rings. The summed E-state index contributed by atoms with van der Waals surface area (Å²) in [6, 6.07) is 15.7. The standard InChI is InChI=1S/C24H23N3O4S2/c1-17-5-3-7-21-23(17)26-24(32-21)27(16-18-6-4-13-25-15-18)22(28)12-14-33(29,30)20-10-8-19(31-2)9-11-20/h3-11,13,15H,12,14,16H2,1-2H3. The molecule has 0 atom stereocenters. The van der Waals surface area contributed by atoms with Gasteiger partial charge in [-0.05, 0) is 54.4 Å². The summed E-state index contributed by atoms with van der Waals surface area (Å²) in [6.45, 7) is 2.23. The van der Waals surface area contributed by atoms with Gasteiger partial charge in [0, 0.05) is 18.8 Å². The first kappa shape index (κ1) is 22.9. The highest BCUT2D eigenvalue weighted by molar-refractivity contribution is 7.91. The van der Waals surface area contributed by atoms with Crippen molar-refractivity contribution in [1.29, 1.82) is 0 Å². The number of fused-ring (bicyclic) bond motifs is 1. The Morgan fingerprint density at radius 3 is 2.55 bits per heavy atom. The third-order valence-electron chi connectivity index (χ3n) is 5.21. The molecule has 33 heavy (non-hydrogen) atoms. The second-order valence-corrected chi connectivity index (χ2v) is 10.6. The summed E-state index contributed by atoms with van der Waals surface area (Å²) < 4.78 is 31.7. The molecule has 0 fully saturated rings. The van der Waals surface area contributed by atoms with Crippen molar-refractivity contribution in [1.82, 2.24) is 9.97 Å². The van der Waals surface area contributed by atoms with Crippen molar-refractivity contribution in [2.75, 3.05) is 17.8 Å². The predicted molar refractivity (Wildman–Crippen MR) is 129 cm³/mol. The molecule has 1 amide bonds. The van der Waals surface area contributed by atoms with Crippen LogP contribution in [0.15, 0.2) is 71.9 Å². The molecule has 0 bridgehead atoms. The zero-order valence-corrected chi connectivity index (χ0v) is 19.9. The minimum atomic E-state index is -3.63. The van der Waals surface area contributed by atoms with Crippen LogP contribution in [-0.2, 0) is 21.2 Å². The van der Waals surface area contributed by atoms with Crippen LogP contribution in [0.5, 0.6) is 5.75 Å². The Morgan fingerprint density at radius 2 is 1.88 bits per heavy atom. The number of hydrogen-bond acceptors (Lipinski definition) is 7. The quantitative estimate of drug-likeness (QED) is 0.370. The Bertz CT molecular complexity index is 1370. The Labute approximate surface area is 196 Å². The molecule has 0 aliphatic heterocycles. The number of rotatable bonds is 8. The van der Waals surface area contributed by atoms with E-state index in [-0.39, 0.29) is 29.5 Å². The number of carbonyl (C=O) groups is 1. The third-order valence-corrected chi connectivity index (χ3v) is 7.98. The van der Waals surface area contributed by atoms with E-state index in [0.29, 0.717) is 10.9 Å². The molecule has 0 saturated heterocycles. The van der Waals surface area contributed by atoms with Crippen molar-refractivity contribution in [3.05, 3.63) is 78.1 Å². The average Bonchev–Trinajstić information content (AvgIpc) is 3.27. The third kappa shape index (κ3) is 5.20. The molecule has 9 heteroatoms. The van der Waals surface area contributed by atoms with Crippen LogP contribution in [0.4, 0.5) is 5.13 Å². The second-order valence-electron chi connectivity index (χ2n) is 7.50. The van der Waals surface area contributed by atoms with Gasteiger partial charge in [0.15, 0.2) is 15.0 Å². The van der Waals surface area contributed by atoms with Gasteiger partial charge in [0.2, 0.25) is 5.91 Å². The topological polar surface area (TPSA) is 89.5 Å². The number of nitrogens with zero attached hydrogens (tertiary/aromatic N) is 3. The summed E-state index contributed by atoms with van der Waals surface area (Å²) in [6.07, 6.45) is 3.19. The Morgan fingerprint density at radius 1 is 1.09 bits per heavy atom. The number of methoxy groups -OCH3 is 1. The van der Waals surface area contributed by atoms with Crippen LogP contribution >= 0.6 is 11.3 Å². The fourth-order valence-electron chi connectivity index (χ4n) is 3.38. The number of benzene rings is 2.